The lowest BCUT2D eigenvalue weighted by Crippen LogP contribution is -2.32. The summed E-state index contributed by atoms with van der Waals surface area (Å²) in [4.78, 5) is 34.4. The molecule has 2 aliphatic rings. The summed E-state index contributed by atoms with van der Waals surface area (Å²) in [6.45, 7) is 0.154. The summed E-state index contributed by atoms with van der Waals surface area (Å²) in [6.07, 6.45) is 2.04. The molecule has 1 fully saturated rings. The molecule has 1 aliphatic heterocycles. The molecule has 2 amide bonds. The fraction of sp³-hybridized carbons (Fsp3) is 0.167. The van der Waals surface area contributed by atoms with E-state index in [4.69, 9.17) is 4.52 Å². The lowest BCUT2D eigenvalue weighted by Gasteiger charge is -2.22. The van der Waals surface area contributed by atoms with Gasteiger partial charge in [-0.15, -0.1) is 11.3 Å². The summed E-state index contributed by atoms with van der Waals surface area (Å²) >= 11 is 2.96. The van der Waals surface area contributed by atoms with Gasteiger partial charge in [0.15, 0.2) is 0 Å². The summed E-state index contributed by atoms with van der Waals surface area (Å²) in [5, 5.41) is 8.75. The molecule has 0 unspecified atom stereocenters. The van der Waals surface area contributed by atoms with E-state index >= 15 is 0 Å². The van der Waals surface area contributed by atoms with Crippen LogP contribution in [0.5, 0.6) is 0 Å². The van der Waals surface area contributed by atoms with Crippen LogP contribution in [0.15, 0.2) is 74.3 Å². The molecule has 0 radical (unpaired) electrons. The molecule has 2 aromatic carbocycles. The van der Waals surface area contributed by atoms with Gasteiger partial charge in [0.2, 0.25) is 11.7 Å². The Labute approximate surface area is 197 Å². The predicted octanol–water partition coefficient (Wildman–Crippen LogP) is 5.00. The van der Waals surface area contributed by atoms with E-state index in [1.165, 1.54) is 11.3 Å². The Morgan fingerprint density at radius 3 is 2.82 bits per heavy atom. The molecule has 7 nitrogen and oxygen atoms in total. The molecule has 1 N–H and O–H groups in total. The fourth-order valence-corrected chi connectivity index (χ4v) is 5.56. The van der Waals surface area contributed by atoms with Crippen molar-refractivity contribution >= 4 is 40.6 Å². The molecular formula is C24H18N4O3S2. The van der Waals surface area contributed by atoms with E-state index < -0.39 is 0 Å². The summed E-state index contributed by atoms with van der Waals surface area (Å²) in [5.74, 6) is 0.656. The molecule has 164 valence electrons. The van der Waals surface area contributed by atoms with Crippen molar-refractivity contribution in [1.82, 2.24) is 15.5 Å². The fourth-order valence-electron chi connectivity index (χ4n) is 3.81. The van der Waals surface area contributed by atoms with Gasteiger partial charge in [-0.3, -0.25) is 9.59 Å². The summed E-state index contributed by atoms with van der Waals surface area (Å²) < 4.78 is 5.35. The molecule has 0 atom stereocenters. The first kappa shape index (κ1) is 20.2. The molecular weight excluding hydrogens is 456 g/mol. The molecule has 0 bridgehead atoms. The summed E-state index contributed by atoms with van der Waals surface area (Å²) in [6, 6.07) is 17.5. The molecule has 2 aromatic heterocycles. The van der Waals surface area contributed by atoms with Crippen LogP contribution in [-0.4, -0.2) is 28.0 Å². The number of carbonyl (C=O) groups excluding carboxylic acids is 2. The van der Waals surface area contributed by atoms with E-state index in [9.17, 15) is 9.59 Å². The van der Waals surface area contributed by atoms with Crippen molar-refractivity contribution in [1.29, 1.82) is 0 Å². The first-order chi connectivity index (χ1) is 16.2. The number of fused-ring (bicyclic) bond motifs is 2. The minimum atomic E-state index is -0.172. The summed E-state index contributed by atoms with van der Waals surface area (Å²) in [7, 11) is 0. The number of nitrogens with one attached hydrogen (secondary N) is 1. The van der Waals surface area contributed by atoms with Crippen LogP contribution >= 0.6 is 23.1 Å². The van der Waals surface area contributed by atoms with Crippen LogP contribution in [0.3, 0.4) is 0 Å². The number of benzene rings is 2. The van der Waals surface area contributed by atoms with E-state index in [0.717, 1.165) is 39.4 Å². The van der Waals surface area contributed by atoms with E-state index in [-0.39, 0.29) is 24.4 Å². The average Bonchev–Trinajstić information content (AvgIpc) is 3.33. The monoisotopic (exact) mass is 474 g/mol. The molecule has 6 rings (SSSR count). The highest BCUT2D eigenvalue weighted by molar-refractivity contribution is 7.99. The van der Waals surface area contributed by atoms with Gasteiger partial charge >= 0.3 is 0 Å². The van der Waals surface area contributed by atoms with Gasteiger partial charge in [-0.25, -0.2) is 0 Å². The Hall–Kier alpha value is -3.43. The number of nitrogens with zero attached hydrogens (tertiary/aromatic N) is 3. The van der Waals surface area contributed by atoms with Crippen molar-refractivity contribution in [2.24, 2.45) is 0 Å². The SMILES string of the molecule is O=C(NCc1nc(-c2ccc3c(c2)Sc2ccccc2C(=O)N3C2CC2)no1)c1cccs1. The number of aromatic nitrogens is 2. The van der Waals surface area contributed by atoms with Crippen LogP contribution in [0, 0.1) is 0 Å². The second-order valence-corrected chi connectivity index (χ2v) is 9.89. The van der Waals surface area contributed by atoms with Gasteiger partial charge < -0.3 is 14.7 Å². The Kier molecular flexibility index (Phi) is 5.00. The van der Waals surface area contributed by atoms with Gasteiger partial charge in [-0.2, -0.15) is 4.98 Å². The van der Waals surface area contributed by atoms with E-state index in [0.29, 0.717) is 16.6 Å². The van der Waals surface area contributed by atoms with Gasteiger partial charge in [0, 0.05) is 21.4 Å². The highest BCUT2D eigenvalue weighted by atomic mass is 32.2. The molecule has 1 aliphatic carbocycles. The minimum Gasteiger partial charge on any atom is -0.342 e. The standard InChI is InChI=1S/C24H18N4O3S2/c29-23(19-6-3-11-32-19)25-13-21-26-22(27-31-21)14-7-10-17-20(12-14)33-18-5-2-1-4-16(18)24(30)28(17)15-8-9-15/h1-7,10-12,15H,8-9,13H2,(H,25,29). The zero-order valence-corrected chi connectivity index (χ0v) is 19.0. The summed E-state index contributed by atoms with van der Waals surface area (Å²) in [5.41, 5.74) is 2.44. The van der Waals surface area contributed by atoms with E-state index in [1.807, 2.05) is 58.8 Å². The third-order valence-electron chi connectivity index (χ3n) is 5.56. The molecule has 9 heteroatoms. The van der Waals surface area contributed by atoms with Crippen LogP contribution in [0.1, 0.15) is 38.8 Å². The van der Waals surface area contributed by atoms with Crippen LogP contribution < -0.4 is 10.2 Å². The maximum Gasteiger partial charge on any atom is 0.261 e. The maximum atomic E-state index is 13.3. The molecule has 0 saturated heterocycles. The van der Waals surface area contributed by atoms with Gasteiger partial charge in [0.25, 0.3) is 11.8 Å². The van der Waals surface area contributed by atoms with Crippen LogP contribution in [-0.2, 0) is 6.54 Å². The maximum absolute atomic E-state index is 13.3. The highest BCUT2D eigenvalue weighted by Crippen LogP contribution is 2.46. The second-order valence-electron chi connectivity index (χ2n) is 7.86. The van der Waals surface area contributed by atoms with Crippen LogP contribution in [0.2, 0.25) is 0 Å². The number of hydrogen-bond donors (Lipinski definition) is 1. The number of thiophene rings is 1. The number of carbonyl (C=O) groups is 2. The van der Waals surface area contributed by atoms with Crippen LogP contribution in [0.4, 0.5) is 5.69 Å². The average molecular weight is 475 g/mol. The third kappa shape index (κ3) is 3.83. The second kappa shape index (κ2) is 8.17. The molecule has 4 aromatic rings. The quantitative estimate of drug-likeness (QED) is 0.438. The van der Waals surface area contributed by atoms with Crippen molar-refractivity contribution in [2.75, 3.05) is 4.90 Å². The van der Waals surface area contributed by atoms with Gasteiger partial charge in [-0.1, -0.05) is 35.1 Å². The Bertz CT molecular complexity index is 1360. The van der Waals surface area contributed by atoms with Crippen molar-refractivity contribution in [3.05, 3.63) is 76.3 Å². The number of hydrogen-bond acceptors (Lipinski definition) is 7. The zero-order valence-electron chi connectivity index (χ0n) is 17.4. The first-order valence-electron chi connectivity index (χ1n) is 10.6. The zero-order chi connectivity index (χ0) is 22.4. The number of amides is 2. The number of anilines is 1. The normalized spacial score (nSPS) is 15.0. The van der Waals surface area contributed by atoms with Crippen molar-refractivity contribution in [3.8, 4) is 11.4 Å². The largest absolute Gasteiger partial charge is 0.342 e. The smallest absolute Gasteiger partial charge is 0.261 e. The van der Waals surface area contributed by atoms with Crippen molar-refractivity contribution in [2.45, 2.75) is 35.2 Å². The Balaban J connectivity index is 1.28. The predicted molar refractivity (Wildman–Crippen MR) is 126 cm³/mol. The lowest BCUT2D eigenvalue weighted by atomic mass is 10.1. The Morgan fingerprint density at radius 1 is 1.12 bits per heavy atom. The third-order valence-corrected chi connectivity index (χ3v) is 7.55. The van der Waals surface area contributed by atoms with Crippen molar-refractivity contribution in [3.63, 3.8) is 0 Å². The minimum absolute atomic E-state index is 0.0513. The first-order valence-corrected chi connectivity index (χ1v) is 12.3. The highest BCUT2D eigenvalue weighted by Gasteiger charge is 2.38. The van der Waals surface area contributed by atoms with Crippen LogP contribution in [0.25, 0.3) is 11.4 Å². The molecule has 0 spiro atoms. The van der Waals surface area contributed by atoms with Crippen molar-refractivity contribution < 1.29 is 14.1 Å². The van der Waals surface area contributed by atoms with E-state index in [1.54, 1.807) is 17.8 Å². The molecule has 1 saturated carbocycles. The van der Waals surface area contributed by atoms with Gasteiger partial charge in [0.05, 0.1) is 22.7 Å². The topological polar surface area (TPSA) is 88.3 Å². The molecule has 3 heterocycles. The Morgan fingerprint density at radius 2 is 2.00 bits per heavy atom. The number of rotatable bonds is 5. The van der Waals surface area contributed by atoms with Gasteiger partial charge in [0.1, 0.15) is 0 Å². The van der Waals surface area contributed by atoms with Gasteiger partial charge in [-0.05, 0) is 54.6 Å². The molecule has 33 heavy (non-hydrogen) atoms. The van der Waals surface area contributed by atoms with E-state index in [2.05, 4.69) is 15.5 Å². The lowest BCUT2D eigenvalue weighted by molar-refractivity contribution is 0.0948.